The zero-order valence-electron chi connectivity index (χ0n) is 14.8. The summed E-state index contributed by atoms with van der Waals surface area (Å²) in [5, 5.41) is 9.86. The molecule has 1 fully saturated rings. The molecule has 3 aromatic rings. The molecule has 3 aromatic heterocycles. The van der Waals surface area contributed by atoms with Crippen LogP contribution < -0.4 is 5.56 Å². The van der Waals surface area contributed by atoms with E-state index in [1.807, 2.05) is 13.8 Å². The van der Waals surface area contributed by atoms with Crippen LogP contribution in [0.3, 0.4) is 0 Å². The van der Waals surface area contributed by atoms with Crippen molar-refractivity contribution in [3.8, 4) is 0 Å². The lowest BCUT2D eigenvalue weighted by atomic mass is 10.2. The van der Waals surface area contributed by atoms with Crippen molar-refractivity contribution in [3.63, 3.8) is 0 Å². The zero-order valence-corrected chi connectivity index (χ0v) is 15.6. The second-order valence-electron chi connectivity index (χ2n) is 6.68. The van der Waals surface area contributed by atoms with Crippen molar-refractivity contribution in [2.24, 2.45) is 0 Å². The van der Waals surface area contributed by atoms with Crippen molar-refractivity contribution >= 4 is 16.3 Å². The van der Waals surface area contributed by atoms with Crippen molar-refractivity contribution in [3.05, 3.63) is 44.6 Å². The lowest BCUT2D eigenvalue weighted by Gasteiger charge is -2.16. The molecule has 0 N–H and O–H groups in total. The van der Waals surface area contributed by atoms with Crippen LogP contribution in [-0.4, -0.2) is 42.4 Å². The Balaban J connectivity index is 1.52. The van der Waals surface area contributed by atoms with E-state index in [0.717, 1.165) is 42.3 Å². The average Bonchev–Trinajstić information content (AvgIpc) is 3.26. The third kappa shape index (κ3) is 3.11. The molecule has 4 rings (SSSR count). The van der Waals surface area contributed by atoms with E-state index in [1.54, 1.807) is 6.07 Å². The minimum absolute atomic E-state index is 0.0924. The quantitative estimate of drug-likeness (QED) is 0.713. The molecule has 0 bridgehead atoms. The van der Waals surface area contributed by atoms with Crippen LogP contribution in [0.1, 0.15) is 41.5 Å². The number of hydrogen-bond acceptors (Lipinski definition) is 6. The summed E-state index contributed by atoms with van der Waals surface area (Å²) in [6.07, 6.45) is 1.89. The predicted molar refractivity (Wildman–Crippen MR) is 97.1 cm³/mol. The van der Waals surface area contributed by atoms with Gasteiger partial charge in [-0.15, -0.1) is 0 Å². The van der Waals surface area contributed by atoms with Gasteiger partial charge >= 0.3 is 0 Å². The van der Waals surface area contributed by atoms with Gasteiger partial charge in [-0.3, -0.25) is 14.4 Å². The number of likely N-dealkylation sites (tertiary alicyclic amines) is 1. The monoisotopic (exact) mass is 358 g/mol. The molecule has 0 saturated carbocycles. The highest BCUT2D eigenvalue weighted by Gasteiger charge is 2.26. The molecule has 0 spiro atoms. The van der Waals surface area contributed by atoms with Gasteiger partial charge in [0.2, 0.25) is 4.96 Å². The van der Waals surface area contributed by atoms with E-state index < -0.39 is 0 Å². The zero-order chi connectivity index (χ0) is 17.6. The Kier molecular flexibility index (Phi) is 4.16. The van der Waals surface area contributed by atoms with E-state index in [2.05, 4.69) is 37.8 Å². The molecule has 0 amide bonds. The fraction of sp³-hybridized carbons (Fsp3) is 0.529. The predicted octanol–water partition coefficient (Wildman–Crippen LogP) is 1.97. The molecule has 7 nitrogen and oxygen atoms in total. The van der Waals surface area contributed by atoms with Gasteiger partial charge in [-0.1, -0.05) is 18.3 Å². The summed E-state index contributed by atoms with van der Waals surface area (Å²) in [6, 6.07) is 4.13. The molecule has 8 heteroatoms. The van der Waals surface area contributed by atoms with Crippen LogP contribution in [0.15, 0.2) is 16.9 Å². The number of fused-ring (bicyclic) bond motifs is 1. The fourth-order valence-electron chi connectivity index (χ4n) is 3.52. The van der Waals surface area contributed by atoms with Crippen molar-refractivity contribution < 1.29 is 0 Å². The van der Waals surface area contributed by atoms with Gasteiger partial charge in [-0.05, 0) is 32.8 Å². The minimum Gasteiger partial charge on any atom is -0.295 e. The molecule has 0 radical (unpaired) electrons. The Morgan fingerprint density at radius 3 is 2.84 bits per heavy atom. The molecule has 1 atom stereocenters. The Hall–Kier alpha value is -2.06. The summed E-state index contributed by atoms with van der Waals surface area (Å²) in [5.74, 6) is 0. The van der Waals surface area contributed by atoms with Crippen molar-refractivity contribution in [1.82, 2.24) is 29.3 Å². The van der Waals surface area contributed by atoms with E-state index >= 15 is 0 Å². The standard InChI is InChI=1S/C17H22N6OS/c1-4-15-20-23-16(24)8-13(18-17(23)25-15)9-21-6-5-14(10-21)22-12(3)7-11(2)19-22/h7-8,14H,4-6,9-10H2,1-3H3. The molecule has 1 aliphatic rings. The average molecular weight is 358 g/mol. The molecule has 4 heterocycles. The van der Waals surface area contributed by atoms with E-state index in [0.29, 0.717) is 17.5 Å². The Morgan fingerprint density at radius 1 is 1.28 bits per heavy atom. The summed E-state index contributed by atoms with van der Waals surface area (Å²) in [5.41, 5.74) is 3.00. The molecule has 0 aromatic carbocycles. The smallest absolute Gasteiger partial charge is 0.275 e. The van der Waals surface area contributed by atoms with Crippen molar-refractivity contribution in [2.45, 2.75) is 46.2 Å². The lowest BCUT2D eigenvalue weighted by Crippen LogP contribution is -2.24. The SMILES string of the molecule is CCc1nn2c(=O)cc(CN3CCC(n4nc(C)cc4C)C3)nc2s1. The van der Waals surface area contributed by atoms with Crippen LogP contribution >= 0.6 is 11.3 Å². The summed E-state index contributed by atoms with van der Waals surface area (Å²) >= 11 is 1.49. The topological polar surface area (TPSA) is 68.3 Å². The van der Waals surface area contributed by atoms with Crippen LogP contribution in [0.5, 0.6) is 0 Å². The van der Waals surface area contributed by atoms with Crippen LogP contribution in [0.25, 0.3) is 4.96 Å². The van der Waals surface area contributed by atoms with Crippen molar-refractivity contribution in [1.29, 1.82) is 0 Å². The molecule has 1 aliphatic heterocycles. The van der Waals surface area contributed by atoms with E-state index in [1.165, 1.54) is 21.5 Å². The van der Waals surface area contributed by atoms with Gasteiger partial charge in [0.25, 0.3) is 5.56 Å². The van der Waals surface area contributed by atoms with Crippen LogP contribution in [0.4, 0.5) is 0 Å². The van der Waals surface area contributed by atoms with Crippen LogP contribution in [0, 0.1) is 13.8 Å². The summed E-state index contributed by atoms with van der Waals surface area (Å²) in [7, 11) is 0. The maximum atomic E-state index is 12.3. The number of rotatable bonds is 4. The first kappa shape index (κ1) is 16.4. The molecule has 132 valence electrons. The van der Waals surface area contributed by atoms with Gasteiger partial charge in [0, 0.05) is 31.4 Å². The summed E-state index contributed by atoms with van der Waals surface area (Å²) < 4.78 is 3.55. The molecule has 0 aliphatic carbocycles. The summed E-state index contributed by atoms with van der Waals surface area (Å²) in [4.78, 5) is 19.9. The van der Waals surface area contributed by atoms with E-state index in [4.69, 9.17) is 0 Å². The Morgan fingerprint density at radius 2 is 2.12 bits per heavy atom. The van der Waals surface area contributed by atoms with Gasteiger partial charge < -0.3 is 0 Å². The number of hydrogen-bond donors (Lipinski definition) is 0. The second-order valence-corrected chi connectivity index (χ2v) is 7.72. The largest absolute Gasteiger partial charge is 0.295 e. The Bertz CT molecular complexity index is 971. The molecule has 25 heavy (non-hydrogen) atoms. The normalized spacial score (nSPS) is 18.4. The van der Waals surface area contributed by atoms with Crippen molar-refractivity contribution in [2.75, 3.05) is 13.1 Å². The highest BCUT2D eigenvalue weighted by atomic mass is 32.1. The maximum absolute atomic E-state index is 12.3. The van der Waals surface area contributed by atoms with E-state index in [-0.39, 0.29) is 5.56 Å². The van der Waals surface area contributed by atoms with Gasteiger partial charge in [-0.25, -0.2) is 4.98 Å². The lowest BCUT2D eigenvalue weighted by molar-refractivity contribution is 0.307. The van der Waals surface area contributed by atoms with Crippen LogP contribution in [0.2, 0.25) is 0 Å². The second kappa shape index (κ2) is 6.34. The Labute approximate surface area is 149 Å². The first-order chi connectivity index (χ1) is 12.0. The maximum Gasteiger partial charge on any atom is 0.275 e. The van der Waals surface area contributed by atoms with Gasteiger partial charge in [0.15, 0.2) is 0 Å². The van der Waals surface area contributed by atoms with Gasteiger partial charge in [0.1, 0.15) is 5.01 Å². The highest BCUT2D eigenvalue weighted by Crippen LogP contribution is 2.24. The molecule has 1 unspecified atom stereocenters. The minimum atomic E-state index is -0.0924. The van der Waals surface area contributed by atoms with Gasteiger partial charge in [0.05, 0.1) is 17.4 Å². The fourth-order valence-corrected chi connectivity index (χ4v) is 4.38. The number of aromatic nitrogens is 5. The number of nitrogens with zero attached hydrogens (tertiary/aromatic N) is 6. The van der Waals surface area contributed by atoms with Gasteiger partial charge in [-0.2, -0.15) is 14.7 Å². The molecular formula is C17H22N6OS. The third-order valence-corrected chi connectivity index (χ3v) is 5.72. The van der Waals surface area contributed by atoms with Crippen LogP contribution in [-0.2, 0) is 13.0 Å². The molecular weight excluding hydrogens is 336 g/mol. The first-order valence-electron chi connectivity index (χ1n) is 8.67. The van der Waals surface area contributed by atoms with E-state index in [9.17, 15) is 4.79 Å². The first-order valence-corrected chi connectivity index (χ1v) is 9.49. The highest BCUT2D eigenvalue weighted by molar-refractivity contribution is 7.16. The third-order valence-electron chi connectivity index (χ3n) is 4.67. The molecule has 1 saturated heterocycles. The summed E-state index contributed by atoms with van der Waals surface area (Å²) in [6.45, 7) is 8.80. The number of aryl methyl sites for hydroxylation is 3.